The van der Waals surface area contributed by atoms with Crippen molar-refractivity contribution in [3.8, 4) is 0 Å². The van der Waals surface area contributed by atoms with E-state index in [1.54, 1.807) is 0 Å². The lowest BCUT2D eigenvalue weighted by Crippen LogP contribution is -2.52. The predicted molar refractivity (Wildman–Crippen MR) is 129 cm³/mol. The van der Waals surface area contributed by atoms with Gasteiger partial charge in [0.2, 0.25) is 0 Å². The van der Waals surface area contributed by atoms with Gasteiger partial charge in [-0.3, -0.25) is 4.79 Å². The minimum absolute atomic E-state index is 0.00893. The highest BCUT2D eigenvalue weighted by molar-refractivity contribution is 6.18. The van der Waals surface area contributed by atoms with Crippen molar-refractivity contribution in [2.45, 2.75) is 56.1 Å². The Kier molecular flexibility index (Phi) is 7.10. The molecule has 6 heteroatoms. The number of likely N-dealkylation sites (tertiary alicyclic amines) is 1. The molecule has 166 valence electrons. The summed E-state index contributed by atoms with van der Waals surface area (Å²) in [5, 5.41) is 3.17. The number of amides is 1. The number of piperazine rings is 1. The average Bonchev–Trinajstić information content (AvgIpc) is 3.03. The van der Waals surface area contributed by atoms with Gasteiger partial charge in [0, 0.05) is 54.2 Å². The molecular formula is C25H31Cl2N3O. The summed E-state index contributed by atoms with van der Waals surface area (Å²) in [6, 6.07) is 15.5. The van der Waals surface area contributed by atoms with Gasteiger partial charge in [0.1, 0.15) is 0 Å². The van der Waals surface area contributed by atoms with E-state index in [1.807, 2.05) is 18.2 Å². The summed E-state index contributed by atoms with van der Waals surface area (Å²) in [7, 11) is 2.22. The maximum absolute atomic E-state index is 12.9. The normalized spacial score (nSPS) is 21.9. The van der Waals surface area contributed by atoms with Gasteiger partial charge in [-0.25, -0.2) is 0 Å². The number of likely N-dealkylation sites (N-methyl/N-ethyl adjacent to an activating group) is 1. The Morgan fingerprint density at radius 1 is 1.06 bits per heavy atom. The van der Waals surface area contributed by atoms with Crippen LogP contribution in [-0.4, -0.2) is 49.1 Å². The molecule has 3 unspecified atom stereocenters. The van der Waals surface area contributed by atoms with Crippen LogP contribution in [0.4, 0.5) is 5.69 Å². The van der Waals surface area contributed by atoms with E-state index in [9.17, 15) is 4.79 Å². The lowest BCUT2D eigenvalue weighted by molar-refractivity contribution is 0.0939. The Morgan fingerprint density at radius 2 is 1.77 bits per heavy atom. The third-order valence-electron chi connectivity index (χ3n) is 6.55. The fraction of sp³-hybridized carbons (Fsp3) is 0.480. The first kappa shape index (κ1) is 22.4. The minimum Gasteiger partial charge on any atom is -0.363 e. The van der Waals surface area contributed by atoms with Crippen LogP contribution in [0.2, 0.25) is 0 Å². The van der Waals surface area contributed by atoms with E-state index >= 15 is 0 Å². The monoisotopic (exact) mass is 459 g/mol. The third-order valence-corrected chi connectivity index (χ3v) is 7.15. The number of nitrogens with one attached hydrogen (secondary N) is 1. The fourth-order valence-corrected chi connectivity index (χ4v) is 5.57. The van der Waals surface area contributed by atoms with Crippen LogP contribution in [0.3, 0.4) is 0 Å². The van der Waals surface area contributed by atoms with E-state index in [2.05, 4.69) is 53.4 Å². The number of alkyl halides is 2. The molecule has 3 atom stereocenters. The molecule has 0 saturated carbocycles. The molecule has 2 aromatic rings. The fourth-order valence-electron chi connectivity index (χ4n) is 5.19. The maximum atomic E-state index is 12.9. The van der Waals surface area contributed by atoms with Crippen LogP contribution in [0.5, 0.6) is 0 Å². The molecule has 0 radical (unpaired) electrons. The highest BCUT2D eigenvalue weighted by Crippen LogP contribution is 2.36. The predicted octanol–water partition coefficient (Wildman–Crippen LogP) is 4.81. The van der Waals surface area contributed by atoms with Gasteiger partial charge >= 0.3 is 0 Å². The molecular weight excluding hydrogens is 429 g/mol. The summed E-state index contributed by atoms with van der Waals surface area (Å²) in [6.07, 6.45) is 3.31. The Morgan fingerprint density at radius 3 is 2.45 bits per heavy atom. The smallest absolute Gasteiger partial charge is 0.251 e. The number of hydrogen-bond acceptors (Lipinski definition) is 3. The van der Waals surface area contributed by atoms with Gasteiger partial charge < -0.3 is 15.1 Å². The Balaban J connectivity index is 1.48. The van der Waals surface area contributed by atoms with Gasteiger partial charge in [-0.15, -0.1) is 23.2 Å². The van der Waals surface area contributed by atoms with Crippen LogP contribution in [0.25, 0.3) is 0 Å². The van der Waals surface area contributed by atoms with E-state index in [0.717, 1.165) is 30.6 Å². The number of halogens is 2. The number of para-hydroxylation sites is 1. The van der Waals surface area contributed by atoms with Crippen molar-refractivity contribution in [2.24, 2.45) is 0 Å². The number of fused-ring (bicyclic) bond motifs is 2. The largest absolute Gasteiger partial charge is 0.363 e. The van der Waals surface area contributed by atoms with Crippen LogP contribution < -0.4 is 10.2 Å². The molecule has 2 bridgehead atoms. The molecule has 0 spiro atoms. The second-order valence-electron chi connectivity index (χ2n) is 8.98. The zero-order chi connectivity index (χ0) is 22.0. The van der Waals surface area contributed by atoms with Crippen molar-refractivity contribution >= 4 is 34.8 Å². The number of carbonyl (C=O) groups is 1. The molecule has 4 nitrogen and oxygen atoms in total. The second kappa shape index (κ2) is 9.81. The molecule has 1 amide bonds. The van der Waals surface area contributed by atoms with E-state index < -0.39 is 0 Å². The summed E-state index contributed by atoms with van der Waals surface area (Å²) in [5.41, 5.74) is 5.04. The van der Waals surface area contributed by atoms with E-state index in [0.29, 0.717) is 23.5 Å². The van der Waals surface area contributed by atoms with Crippen molar-refractivity contribution in [3.05, 3.63) is 64.7 Å². The van der Waals surface area contributed by atoms with E-state index in [-0.39, 0.29) is 17.8 Å². The number of anilines is 1. The lowest BCUT2D eigenvalue weighted by Gasteiger charge is -2.42. The topological polar surface area (TPSA) is 35.6 Å². The lowest BCUT2D eigenvalue weighted by atomic mass is 10.0. The molecule has 31 heavy (non-hydrogen) atoms. The molecule has 2 saturated heterocycles. The number of rotatable bonds is 7. The van der Waals surface area contributed by atoms with E-state index in [1.165, 1.54) is 24.1 Å². The van der Waals surface area contributed by atoms with Crippen molar-refractivity contribution in [3.63, 3.8) is 0 Å². The highest BCUT2D eigenvalue weighted by Gasteiger charge is 2.39. The minimum atomic E-state index is -0.0820. The molecule has 0 aliphatic carbocycles. The summed E-state index contributed by atoms with van der Waals surface area (Å²) in [6.45, 7) is 4.31. The molecule has 2 fully saturated rings. The Bertz CT molecular complexity index is 921. The first-order valence-electron chi connectivity index (χ1n) is 11.1. The van der Waals surface area contributed by atoms with Crippen LogP contribution in [0.1, 0.15) is 46.8 Å². The highest BCUT2D eigenvalue weighted by atomic mass is 35.5. The number of carbonyl (C=O) groups excluding carboxylic acids is 1. The first-order chi connectivity index (χ1) is 15.0. The summed E-state index contributed by atoms with van der Waals surface area (Å²) < 4.78 is 0. The zero-order valence-electron chi connectivity index (χ0n) is 18.3. The van der Waals surface area contributed by atoms with Gasteiger partial charge in [-0.05, 0) is 62.1 Å². The van der Waals surface area contributed by atoms with Crippen LogP contribution in [0.15, 0.2) is 42.5 Å². The van der Waals surface area contributed by atoms with Gasteiger partial charge in [0.15, 0.2) is 0 Å². The molecule has 4 rings (SSSR count). The van der Waals surface area contributed by atoms with Crippen LogP contribution in [0, 0.1) is 0 Å². The Hall–Kier alpha value is -1.75. The van der Waals surface area contributed by atoms with Crippen LogP contribution in [-0.2, 0) is 18.2 Å². The molecule has 2 aromatic carbocycles. The first-order valence-corrected chi connectivity index (χ1v) is 12.2. The summed E-state index contributed by atoms with van der Waals surface area (Å²) in [5.74, 6) is 0.617. The molecule has 1 N–H and O–H groups in total. The number of nitrogens with zero attached hydrogens (tertiary/aromatic N) is 2. The SMILES string of the molecule is CC(Cc1ccccc1N1C2CCC1CN(C)C2)NC(=O)c1ccc(CCl)cc1CCl. The standard InChI is InChI=1S/C25H31Cl2N3O/c1-17(28-25(31)23-10-7-18(13-26)12-20(23)14-27)11-19-5-3-4-6-24(19)30-21-8-9-22(30)16-29(2)15-21/h3-7,10,12,17,21-22H,8-9,11,13-16H2,1-2H3,(H,28,31). The van der Waals surface area contributed by atoms with Crippen molar-refractivity contribution < 1.29 is 4.79 Å². The summed E-state index contributed by atoms with van der Waals surface area (Å²) in [4.78, 5) is 18.0. The van der Waals surface area contributed by atoms with Crippen molar-refractivity contribution in [1.82, 2.24) is 10.2 Å². The average molecular weight is 460 g/mol. The molecule has 2 aliphatic rings. The number of benzene rings is 2. The Labute approximate surface area is 195 Å². The molecule has 2 aliphatic heterocycles. The van der Waals surface area contributed by atoms with Gasteiger partial charge in [-0.1, -0.05) is 30.3 Å². The second-order valence-corrected chi connectivity index (χ2v) is 9.51. The van der Waals surface area contributed by atoms with Crippen molar-refractivity contribution in [1.29, 1.82) is 0 Å². The quantitative estimate of drug-likeness (QED) is 0.603. The maximum Gasteiger partial charge on any atom is 0.251 e. The van der Waals surface area contributed by atoms with Gasteiger partial charge in [0.25, 0.3) is 5.91 Å². The van der Waals surface area contributed by atoms with Crippen molar-refractivity contribution in [2.75, 3.05) is 25.0 Å². The molecule has 0 aromatic heterocycles. The molecule has 2 heterocycles. The van der Waals surface area contributed by atoms with E-state index in [4.69, 9.17) is 23.2 Å². The summed E-state index contributed by atoms with van der Waals surface area (Å²) >= 11 is 12.0. The number of hydrogen-bond donors (Lipinski definition) is 1. The van der Waals surface area contributed by atoms with Gasteiger partial charge in [-0.2, -0.15) is 0 Å². The third kappa shape index (κ3) is 4.87. The van der Waals surface area contributed by atoms with Crippen LogP contribution >= 0.6 is 23.2 Å². The zero-order valence-corrected chi connectivity index (χ0v) is 19.8. The van der Waals surface area contributed by atoms with Gasteiger partial charge in [0.05, 0.1) is 0 Å².